The lowest BCUT2D eigenvalue weighted by atomic mass is 10.3. The summed E-state index contributed by atoms with van der Waals surface area (Å²) < 4.78 is 12.7. The van der Waals surface area contributed by atoms with Crippen LogP contribution >= 0.6 is 23.2 Å². The third-order valence-electron chi connectivity index (χ3n) is 4.64. The van der Waals surface area contributed by atoms with Crippen LogP contribution in [-0.4, -0.2) is 61.7 Å². The number of aliphatic hydroxyl groups excluding tert-OH is 1. The Hall–Kier alpha value is -3.82. The van der Waals surface area contributed by atoms with Crippen molar-refractivity contribution in [1.29, 1.82) is 5.26 Å². The Morgan fingerprint density at radius 3 is 2.69 bits per heavy atom. The zero-order valence-corrected chi connectivity index (χ0v) is 19.4. The standard InChI is InChI=1S/C22H17Cl2N7O4/c23-15-2-1-3-16(24)19(15)31-10-14-20(30-31)27-12-28-22(14)35-17(11-34-7-6-32)21(33)29-18-5-4-13(8-25)9-26-18/h1-5,9-10,12,17,32H,6-7,11H2,(H,26,29,33)/t17-/m0/s1. The van der Waals surface area contributed by atoms with Crippen molar-refractivity contribution in [2.45, 2.75) is 6.10 Å². The second-order valence-electron chi connectivity index (χ2n) is 7.00. The molecule has 0 fully saturated rings. The van der Waals surface area contributed by atoms with Crippen molar-refractivity contribution in [3.8, 4) is 17.6 Å². The molecule has 3 aromatic heterocycles. The van der Waals surface area contributed by atoms with Gasteiger partial charge < -0.3 is 19.9 Å². The molecule has 0 bridgehead atoms. The summed E-state index contributed by atoms with van der Waals surface area (Å²) in [5.41, 5.74) is 1.09. The molecule has 1 amide bonds. The number of hydrogen-bond acceptors (Lipinski definition) is 9. The number of nitrogens with one attached hydrogen (secondary N) is 1. The van der Waals surface area contributed by atoms with Gasteiger partial charge in [0.05, 0.1) is 35.4 Å². The number of rotatable bonds is 9. The summed E-state index contributed by atoms with van der Waals surface area (Å²) in [6, 6.07) is 10.0. The Morgan fingerprint density at radius 2 is 2.00 bits per heavy atom. The number of aliphatic hydroxyl groups is 1. The maximum Gasteiger partial charge on any atom is 0.269 e. The number of benzene rings is 1. The van der Waals surface area contributed by atoms with Crippen molar-refractivity contribution >= 4 is 46.0 Å². The molecule has 178 valence electrons. The minimum absolute atomic E-state index is 0.00434. The highest BCUT2D eigenvalue weighted by Crippen LogP contribution is 2.30. The van der Waals surface area contributed by atoms with E-state index in [1.807, 2.05) is 6.07 Å². The van der Waals surface area contributed by atoms with Gasteiger partial charge in [0, 0.05) is 12.4 Å². The Labute approximate surface area is 208 Å². The van der Waals surface area contributed by atoms with Crippen LogP contribution in [0.4, 0.5) is 5.82 Å². The topological polar surface area (TPSA) is 148 Å². The summed E-state index contributed by atoms with van der Waals surface area (Å²) in [6.45, 7) is -0.405. The van der Waals surface area contributed by atoms with Gasteiger partial charge in [-0.05, 0) is 24.3 Å². The van der Waals surface area contributed by atoms with Gasteiger partial charge in [-0.1, -0.05) is 29.3 Å². The fraction of sp³-hybridized carbons (Fsp3) is 0.182. The molecule has 0 spiro atoms. The summed E-state index contributed by atoms with van der Waals surface area (Å²) in [7, 11) is 0. The van der Waals surface area contributed by atoms with E-state index < -0.39 is 12.0 Å². The van der Waals surface area contributed by atoms with Gasteiger partial charge in [-0.2, -0.15) is 5.26 Å². The van der Waals surface area contributed by atoms with Crippen molar-refractivity contribution in [3.63, 3.8) is 0 Å². The number of halogens is 2. The van der Waals surface area contributed by atoms with E-state index >= 15 is 0 Å². The molecule has 4 rings (SSSR count). The van der Waals surface area contributed by atoms with Crippen LogP contribution in [0.25, 0.3) is 16.7 Å². The summed E-state index contributed by atoms with van der Waals surface area (Å²) >= 11 is 12.6. The summed E-state index contributed by atoms with van der Waals surface area (Å²) in [5, 5.41) is 26.1. The van der Waals surface area contributed by atoms with Crippen molar-refractivity contribution in [2.24, 2.45) is 0 Å². The summed E-state index contributed by atoms with van der Waals surface area (Å²) in [6.07, 6.45) is 3.00. The molecule has 0 saturated carbocycles. The van der Waals surface area contributed by atoms with Crippen molar-refractivity contribution in [2.75, 3.05) is 25.1 Å². The molecular formula is C22H17Cl2N7O4. The largest absolute Gasteiger partial charge is 0.461 e. The van der Waals surface area contributed by atoms with Crippen molar-refractivity contribution in [1.82, 2.24) is 24.7 Å². The number of hydrogen-bond donors (Lipinski definition) is 2. The number of fused-ring (bicyclic) bond motifs is 1. The van der Waals surface area contributed by atoms with Crippen LogP contribution in [0.2, 0.25) is 10.0 Å². The van der Waals surface area contributed by atoms with Crippen LogP contribution in [0.15, 0.2) is 49.1 Å². The normalized spacial score (nSPS) is 11.7. The Kier molecular flexibility index (Phi) is 7.69. The maximum absolute atomic E-state index is 12.9. The highest BCUT2D eigenvalue weighted by molar-refractivity contribution is 6.37. The van der Waals surface area contributed by atoms with Crippen LogP contribution in [0.1, 0.15) is 5.56 Å². The number of ether oxygens (including phenoxy) is 2. The van der Waals surface area contributed by atoms with Crippen LogP contribution in [-0.2, 0) is 9.53 Å². The molecule has 13 heteroatoms. The first-order valence-electron chi connectivity index (χ1n) is 10.2. The molecule has 0 aliphatic carbocycles. The number of para-hydroxylation sites is 1. The first kappa shape index (κ1) is 24.3. The van der Waals surface area contributed by atoms with Gasteiger partial charge in [0.25, 0.3) is 5.91 Å². The van der Waals surface area contributed by atoms with E-state index in [1.54, 1.807) is 24.4 Å². The molecular weight excluding hydrogens is 497 g/mol. The predicted molar refractivity (Wildman–Crippen MR) is 127 cm³/mol. The molecule has 0 saturated heterocycles. The number of aromatic nitrogens is 5. The Balaban J connectivity index is 1.62. The van der Waals surface area contributed by atoms with Crippen LogP contribution < -0.4 is 10.1 Å². The van der Waals surface area contributed by atoms with Gasteiger partial charge in [-0.25, -0.2) is 19.6 Å². The molecule has 11 nitrogen and oxygen atoms in total. The average Bonchev–Trinajstić information content (AvgIpc) is 3.28. The van der Waals surface area contributed by atoms with E-state index in [0.717, 1.165) is 0 Å². The van der Waals surface area contributed by atoms with E-state index in [1.165, 1.54) is 29.3 Å². The molecule has 0 aliphatic heterocycles. The van der Waals surface area contributed by atoms with Gasteiger partial charge >= 0.3 is 0 Å². The fourth-order valence-electron chi connectivity index (χ4n) is 3.03. The monoisotopic (exact) mass is 513 g/mol. The number of pyridine rings is 1. The van der Waals surface area contributed by atoms with E-state index in [4.69, 9.17) is 43.0 Å². The Morgan fingerprint density at radius 1 is 1.20 bits per heavy atom. The minimum Gasteiger partial charge on any atom is -0.461 e. The first-order valence-corrected chi connectivity index (χ1v) is 10.9. The maximum atomic E-state index is 12.9. The SMILES string of the molecule is N#Cc1ccc(NC(=O)[C@H](COCCO)Oc2ncnc3nn(-c4c(Cl)cccc4Cl)cc23)nc1. The van der Waals surface area contributed by atoms with E-state index in [-0.39, 0.29) is 37.2 Å². The van der Waals surface area contributed by atoms with E-state index in [9.17, 15) is 4.79 Å². The van der Waals surface area contributed by atoms with Crippen LogP contribution in [0.5, 0.6) is 5.88 Å². The fourth-order valence-corrected chi connectivity index (χ4v) is 3.60. The van der Waals surface area contributed by atoms with Gasteiger partial charge in [0.15, 0.2) is 5.65 Å². The lowest BCUT2D eigenvalue weighted by Gasteiger charge is -2.18. The highest BCUT2D eigenvalue weighted by atomic mass is 35.5. The lowest BCUT2D eigenvalue weighted by molar-refractivity contribution is -0.125. The number of anilines is 1. The number of amides is 1. The summed E-state index contributed by atoms with van der Waals surface area (Å²) in [5.74, 6) is -0.280. The quantitative estimate of drug-likeness (QED) is 0.322. The number of carbonyl (C=O) groups excluding carboxylic acids is 1. The third kappa shape index (κ3) is 5.64. The molecule has 3 heterocycles. The lowest BCUT2D eigenvalue weighted by Crippen LogP contribution is -2.37. The molecule has 1 atom stereocenters. The van der Waals surface area contributed by atoms with Crippen molar-refractivity contribution < 1.29 is 19.4 Å². The number of nitrogens with zero attached hydrogens (tertiary/aromatic N) is 6. The van der Waals surface area contributed by atoms with Crippen LogP contribution in [0, 0.1) is 11.3 Å². The predicted octanol–water partition coefficient (Wildman–Crippen LogP) is 2.78. The van der Waals surface area contributed by atoms with E-state index in [2.05, 4.69) is 25.4 Å². The molecule has 0 radical (unpaired) electrons. The third-order valence-corrected chi connectivity index (χ3v) is 5.25. The van der Waals surface area contributed by atoms with Gasteiger partial charge in [-0.15, -0.1) is 5.10 Å². The van der Waals surface area contributed by atoms with E-state index in [0.29, 0.717) is 26.7 Å². The molecule has 35 heavy (non-hydrogen) atoms. The van der Waals surface area contributed by atoms with Gasteiger partial charge in [-0.3, -0.25) is 4.79 Å². The van der Waals surface area contributed by atoms with Crippen LogP contribution in [0.3, 0.4) is 0 Å². The number of nitriles is 1. The molecule has 0 aliphatic rings. The highest BCUT2D eigenvalue weighted by Gasteiger charge is 2.24. The zero-order valence-electron chi connectivity index (χ0n) is 17.9. The molecule has 0 unspecified atom stereocenters. The minimum atomic E-state index is -1.16. The molecule has 1 aromatic carbocycles. The second kappa shape index (κ2) is 11.1. The zero-order chi connectivity index (χ0) is 24.8. The average molecular weight is 514 g/mol. The van der Waals surface area contributed by atoms with Gasteiger partial charge in [0.1, 0.15) is 29.3 Å². The second-order valence-corrected chi connectivity index (χ2v) is 7.81. The first-order chi connectivity index (χ1) is 17.0. The smallest absolute Gasteiger partial charge is 0.269 e. The number of carbonyl (C=O) groups is 1. The molecule has 2 N–H and O–H groups in total. The Bertz CT molecular complexity index is 1370. The van der Waals surface area contributed by atoms with Gasteiger partial charge in [0.2, 0.25) is 12.0 Å². The summed E-state index contributed by atoms with van der Waals surface area (Å²) in [4.78, 5) is 25.3. The molecule has 4 aromatic rings. The van der Waals surface area contributed by atoms with Crippen molar-refractivity contribution in [3.05, 3.63) is 64.7 Å².